The molecule has 0 unspecified atom stereocenters. The summed E-state index contributed by atoms with van der Waals surface area (Å²) in [6.07, 6.45) is 0. The van der Waals surface area contributed by atoms with Crippen LogP contribution in [0.5, 0.6) is 5.75 Å². The van der Waals surface area contributed by atoms with Gasteiger partial charge in [-0.05, 0) is 43.3 Å². The Balaban J connectivity index is 1.48. The van der Waals surface area contributed by atoms with Gasteiger partial charge in [0.15, 0.2) is 0 Å². The van der Waals surface area contributed by atoms with Gasteiger partial charge < -0.3 is 20.4 Å². The van der Waals surface area contributed by atoms with Gasteiger partial charge in [0.1, 0.15) is 12.4 Å². The number of piperazine rings is 1. The molecule has 5 rings (SSSR count). The van der Waals surface area contributed by atoms with E-state index in [1.165, 1.54) is 5.56 Å². The number of benzene rings is 3. The van der Waals surface area contributed by atoms with E-state index in [4.69, 9.17) is 16.3 Å². The van der Waals surface area contributed by atoms with Crippen molar-refractivity contribution in [2.45, 2.75) is 6.92 Å². The summed E-state index contributed by atoms with van der Waals surface area (Å²) in [5.41, 5.74) is 5.35. The average Bonchev–Trinajstić information content (AvgIpc) is 3.14. The second-order valence-electron chi connectivity index (χ2n) is 8.14. The fourth-order valence-corrected chi connectivity index (χ4v) is 4.32. The molecule has 160 valence electrons. The van der Waals surface area contributed by atoms with Crippen molar-refractivity contribution in [3.8, 4) is 5.75 Å². The van der Waals surface area contributed by atoms with Crippen LogP contribution in [0.25, 0.3) is 21.8 Å². The second kappa shape index (κ2) is 8.79. The van der Waals surface area contributed by atoms with Crippen LogP contribution in [0.15, 0.2) is 54.6 Å². The minimum Gasteiger partial charge on any atom is -0.490 e. The number of hydrogen-bond donors (Lipinski definition) is 3. The Morgan fingerprint density at radius 2 is 1.77 bits per heavy atom. The van der Waals surface area contributed by atoms with Gasteiger partial charge in [-0.1, -0.05) is 29.3 Å². The molecular weight excluding hydrogens is 408 g/mol. The van der Waals surface area contributed by atoms with Gasteiger partial charge in [-0.15, -0.1) is 0 Å². The highest BCUT2D eigenvalue weighted by molar-refractivity contribution is 6.32. The Hall–Kier alpha value is -2.73. The molecule has 4 aromatic rings. The van der Waals surface area contributed by atoms with Gasteiger partial charge >= 0.3 is 0 Å². The summed E-state index contributed by atoms with van der Waals surface area (Å²) in [4.78, 5) is 5.96. The van der Waals surface area contributed by atoms with E-state index in [0.29, 0.717) is 6.61 Å². The van der Waals surface area contributed by atoms with Crippen LogP contribution in [0, 0.1) is 6.92 Å². The molecule has 2 heterocycles. The van der Waals surface area contributed by atoms with Gasteiger partial charge in [0.2, 0.25) is 0 Å². The van der Waals surface area contributed by atoms with Crippen LogP contribution in [-0.4, -0.2) is 49.2 Å². The molecule has 0 spiro atoms. The van der Waals surface area contributed by atoms with Crippen molar-refractivity contribution in [3.63, 3.8) is 0 Å². The van der Waals surface area contributed by atoms with Gasteiger partial charge in [-0.25, -0.2) is 0 Å². The predicted molar refractivity (Wildman–Crippen MR) is 130 cm³/mol. The number of nitrogens with one attached hydrogen (secondary N) is 3. The van der Waals surface area contributed by atoms with Crippen LogP contribution in [-0.2, 0) is 0 Å². The lowest BCUT2D eigenvalue weighted by atomic mass is 10.1. The van der Waals surface area contributed by atoms with E-state index in [0.717, 1.165) is 76.7 Å². The molecule has 5 nitrogen and oxygen atoms in total. The number of nitrogens with zero attached hydrogens (tertiary/aromatic N) is 1. The zero-order chi connectivity index (χ0) is 21.2. The molecule has 0 atom stereocenters. The van der Waals surface area contributed by atoms with Crippen molar-refractivity contribution >= 4 is 44.8 Å². The van der Waals surface area contributed by atoms with Crippen LogP contribution in [0.3, 0.4) is 0 Å². The van der Waals surface area contributed by atoms with Crippen LogP contribution in [0.1, 0.15) is 5.56 Å². The van der Waals surface area contributed by atoms with E-state index in [1.807, 2.05) is 18.2 Å². The van der Waals surface area contributed by atoms with Crippen molar-refractivity contribution in [1.82, 2.24) is 15.2 Å². The van der Waals surface area contributed by atoms with Crippen molar-refractivity contribution in [2.75, 3.05) is 44.6 Å². The highest BCUT2D eigenvalue weighted by Crippen LogP contribution is 2.37. The third kappa shape index (κ3) is 4.49. The zero-order valence-electron chi connectivity index (χ0n) is 17.7. The maximum absolute atomic E-state index is 6.31. The lowest BCUT2D eigenvalue weighted by Crippen LogP contribution is -2.44. The molecule has 1 aliphatic heterocycles. The molecule has 3 N–H and O–H groups in total. The van der Waals surface area contributed by atoms with E-state index in [2.05, 4.69) is 63.8 Å². The minimum absolute atomic E-state index is 0.652. The quantitative estimate of drug-likeness (QED) is 0.385. The molecule has 0 saturated carbocycles. The third-order valence-electron chi connectivity index (χ3n) is 5.85. The predicted octanol–water partition coefficient (Wildman–Crippen LogP) is 5.31. The van der Waals surface area contributed by atoms with Gasteiger partial charge in [0.05, 0.1) is 5.52 Å². The number of aromatic amines is 1. The Kier molecular flexibility index (Phi) is 5.72. The lowest BCUT2D eigenvalue weighted by Gasteiger charge is -2.27. The number of aromatic nitrogens is 1. The first-order valence-electron chi connectivity index (χ1n) is 10.8. The first-order valence-corrected chi connectivity index (χ1v) is 11.2. The number of hydrogen-bond acceptors (Lipinski definition) is 4. The van der Waals surface area contributed by atoms with Crippen molar-refractivity contribution in [1.29, 1.82) is 0 Å². The fourth-order valence-electron chi connectivity index (χ4n) is 4.15. The number of H-pyrrole nitrogens is 1. The second-order valence-corrected chi connectivity index (χ2v) is 8.58. The molecular formula is C25H27ClN4O. The molecule has 3 aromatic carbocycles. The summed E-state index contributed by atoms with van der Waals surface area (Å²) >= 11 is 6.30. The number of anilines is 2. The monoisotopic (exact) mass is 434 g/mol. The first kappa shape index (κ1) is 20.2. The van der Waals surface area contributed by atoms with Gasteiger partial charge in [0.25, 0.3) is 0 Å². The van der Waals surface area contributed by atoms with Crippen LogP contribution in [0.2, 0.25) is 5.02 Å². The fraction of sp³-hybridized carbons (Fsp3) is 0.280. The number of fused-ring (bicyclic) bond motifs is 3. The third-order valence-corrected chi connectivity index (χ3v) is 6.08. The Bertz CT molecular complexity index is 1200. The number of aryl methyl sites for hydroxylation is 1. The summed E-state index contributed by atoms with van der Waals surface area (Å²) < 4.78 is 6.31. The highest BCUT2D eigenvalue weighted by atomic mass is 35.5. The number of rotatable bonds is 6. The van der Waals surface area contributed by atoms with Gasteiger partial charge in [-0.3, -0.25) is 4.90 Å². The zero-order valence-corrected chi connectivity index (χ0v) is 18.4. The molecule has 1 aliphatic rings. The SMILES string of the molecule is Cc1ccc(Nc2cc(OCCN3CCNCC3)c3[nH]c4ccc(Cl)cc4c3c2)cc1. The highest BCUT2D eigenvalue weighted by Gasteiger charge is 2.14. The van der Waals surface area contributed by atoms with Gasteiger partial charge in [-0.2, -0.15) is 0 Å². The maximum atomic E-state index is 6.31. The molecule has 0 aliphatic carbocycles. The van der Waals surface area contributed by atoms with E-state index in [1.54, 1.807) is 0 Å². The van der Waals surface area contributed by atoms with E-state index >= 15 is 0 Å². The molecule has 31 heavy (non-hydrogen) atoms. The summed E-state index contributed by atoms with van der Waals surface area (Å²) in [7, 11) is 0. The topological polar surface area (TPSA) is 52.3 Å². The standard InChI is InChI=1S/C25H27ClN4O/c1-17-2-5-19(6-3-17)28-20-15-22-21-14-18(26)4-7-23(21)29-25(22)24(16-20)31-13-12-30-10-8-27-9-11-30/h2-7,14-16,27-29H,8-13H2,1H3. The van der Waals surface area contributed by atoms with Crippen molar-refractivity contribution < 1.29 is 4.74 Å². The Labute approximate surface area is 187 Å². The smallest absolute Gasteiger partial charge is 0.145 e. The minimum atomic E-state index is 0.652. The summed E-state index contributed by atoms with van der Waals surface area (Å²) in [6, 6.07) is 18.6. The van der Waals surface area contributed by atoms with Crippen LogP contribution >= 0.6 is 11.6 Å². The Morgan fingerprint density at radius 1 is 0.968 bits per heavy atom. The largest absolute Gasteiger partial charge is 0.490 e. The maximum Gasteiger partial charge on any atom is 0.145 e. The normalized spacial score (nSPS) is 14.9. The van der Waals surface area contributed by atoms with Crippen LogP contribution in [0.4, 0.5) is 11.4 Å². The molecule has 0 radical (unpaired) electrons. The van der Waals surface area contributed by atoms with Crippen molar-refractivity contribution in [2.24, 2.45) is 0 Å². The summed E-state index contributed by atoms with van der Waals surface area (Å²) in [5.74, 6) is 0.856. The Morgan fingerprint density at radius 3 is 2.58 bits per heavy atom. The molecule has 0 amide bonds. The van der Waals surface area contributed by atoms with Crippen molar-refractivity contribution in [3.05, 3.63) is 65.2 Å². The first-order chi connectivity index (χ1) is 15.2. The molecule has 1 fully saturated rings. The van der Waals surface area contributed by atoms with E-state index < -0.39 is 0 Å². The van der Waals surface area contributed by atoms with Crippen LogP contribution < -0.4 is 15.4 Å². The number of halogens is 1. The molecule has 6 heteroatoms. The van der Waals surface area contributed by atoms with E-state index in [-0.39, 0.29) is 0 Å². The number of ether oxygens (including phenoxy) is 1. The molecule has 0 bridgehead atoms. The van der Waals surface area contributed by atoms with E-state index in [9.17, 15) is 0 Å². The average molecular weight is 435 g/mol. The lowest BCUT2D eigenvalue weighted by molar-refractivity contribution is 0.192. The van der Waals surface area contributed by atoms with Gasteiger partial charge in [0, 0.05) is 71.5 Å². The molecule has 1 aromatic heterocycles. The summed E-state index contributed by atoms with van der Waals surface area (Å²) in [6.45, 7) is 7.89. The molecule has 1 saturated heterocycles. The summed E-state index contributed by atoms with van der Waals surface area (Å²) in [5, 5.41) is 9.85.